The van der Waals surface area contributed by atoms with Gasteiger partial charge in [-0.15, -0.1) is 11.8 Å². The summed E-state index contributed by atoms with van der Waals surface area (Å²) in [6.07, 6.45) is 2.26. The maximum absolute atomic E-state index is 11.6. The van der Waals surface area contributed by atoms with Crippen LogP contribution in [0.1, 0.15) is 26.7 Å². The first-order valence-corrected chi connectivity index (χ1v) is 7.19. The summed E-state index contributed by atoms with van der Waals surface area (Å²) >= 11 is 1.58. The first-order chi connectivity index (χ1) is 8.26. The van der Waals surface area contributed by atoms with E-state index in [0.717, 1.165) is 24.3 Å². The predicted molar refractivity (Wildman–Crippen MR) is 74.2 cm³/mol. The first-order valence-electron chi connectivity index (χ1n) is 6.20. The number of benzene rings is 1. The highest BCUT2D eigenvalue weighted by Crippen LogP contribution is 2.16. The molecule has 0 atom stereocenters. The van der Waals surface area contributed by atoms with Gasteiger partial charge < -0.3 is 5.32 Å². The molecule has 17 heavy (non-hydrogen) atoms. The van der Waals surface area contributed by atoms with Crippen LogP contribution in [-0.2, 0) is 4.79 Å². The predicted octanol–water partition coefficient (Wildman–Crippen LogP) is 3.33. The van der Waals surface area contributed by atoms with Crippen LogP contribution in [0, 0.1) is 5.92 Å². The lowest BCUT2D eigenvalue weighted by Gasteiger charge is -2.12. The summed E-state index contributed by atoms with van der Waals surface area (Å²) in [5, 5.41) is 3.00. The van der Waals surface area contributed by atoms with E-state index in [1.165, 1.54) is 0 Å². The zero-order chi connectivity index (χ0) is 12.5. The van der Waals surface area contributed by atoms with Crippen LogP contribution in [0.25, 0.3) is 0 Å². The van der Waals surface area contributed by atoms with Crippen LogP contribution < -0.4 is 5.32 Å². The fraction of sp³-hybridized carbons (Fsp3) is 0.500. The standard InChI is InChI=1S/C14H21NOS/c1-3-12(4-2)10-15-14(16)11-17-13-8-6-5-7-9-13/h5-9,12H,3-4,10-11H2,1-2H3,(H,15,16). The molecule has 3 heteroatoms. The van der Waals surface area contributed by atoms with Gasteiger partial charge in [-0.2, -0.15) is 0 Å². The molecule has 1 rings (SSSR count). The molecule has 0 aliphatic carbocycles. The van der Waals surface area contributed by atoms with Crippen LogP contribution in [-0.4, -0.2) is 18.2 Å². The van der Waals surface area contributed by atoms with Crippen LogP contribution in [0.3, 0.4) is 0 Å². The summed E-state index contributed by atoms with van der Waals surface area (Å²) < 4.78 is 0. The van der Waals surface area contributed by atoms with Crippen molar-refractivity contribution in [1.82, 2.24) is 5.32 Å². The van der Waals surface area contributed by atoms with E-state index in [1.807, 2.05) is 30.3 Å². The lowest BCUT2D eigenvalue weighted by molar-refractivity contribution is -0.118. The molecule has 0 saturated carbocycles. The molecule has 0 fully saturated rings. The molecule has 1 N–H and O–H groups in total. The van der Waals surface area contributed by atoms with E-state index in [9.17, 15) is 4.79 Å². The van der Waals surface area contributed by atoms with Crippen LogP contribution in [0.15, 0.2) is 35.2 Å². The summed E-state index contributed by atoms with van der Waals surface area (Å²) in [5.41, 5.74) is 0. The van der Waals surface area contributed by atoms with Crippen molar-refractivity contribution >= 4 is 17.7 Å². The number of carbonyl (C=O) groups is 1. The first kappa shape index (κ1) is 14.1. The molecule has 1 aromatic rings. The van der Waals surface area contributed by atoms with E-state index >= 15 is 0 Å². The summed E-state index contributed by atoms with van der Waals surface area (Å²) in [6, 6.07) is 10.0. The quantitative estimate of drug-likeness (QED) is 0.753. The van der Waals surface area contributed by atoms with Crippen LogP contribution in [0.2, 0.25) is 0 Å². The van der Waals surface area contributed by atoms with Crippen molar-refractivity contribution in [1.29, 1.82) is 0 Å². The second-order valence-corrected chi connectivity index (χ2v) is 5.14. The Balaban J connectivity index is 2.22. The van der Waals surface area contributed by atoms with Gasteiger partial charge >= 0.3 is 0 Å². The Morgan fingerprint density at radius 2 is 1.88 bits per heavy atom. The van der Waals surface area contributed by atoms with Gasteiger partial charge in [0.05, 0.1) is 5.75 Å². The van der Waals surface area contributed by atoms with E-state index in [-0.39, 0.29) is 5.91 Å². The van der Waals surface area contributed by atoms with E-state index in [0.29, 0.717) is 11.7 Å². The molecule has 0 aliphatic heterocycles. The Morgan fingerprint density at radius 1 is 1.24 bits per heavy atom. The van der Waals surface area contributed by atoms with Crippen LogP contribution in [0.5, 0.6) is 0 Å². The molecular formula is C14H21NOS. The third kappa shape index (κ3) is 5.78. The monoisotopic (exact) mass is 251 g/mol. The van der Waals surface area contributed by atoms with Gasteiger partial charge in [-0.25, -0.2) is 0 Å². The van der Waals surface area contributed by atoms with E-state index < -0.39 is 0 Å². The van der Waals surface area contributed by atoms with E-state index in [4.69, 9.17) is 0 Å². The molecule has 0 heterocycles. The highest BCUT2D eigenvalue weighted by molar-refractivity contribution is 8.00. The third-order valence-corrected chi connectivity index (χ3v) is 3.87. The van der Waals surface area contributed by atoms with Crippen molar-refractivity contribution in [3.8, 4) is 0 Å². The maximum atomic E-state index is 11.6. The molecule has 0 spiro atoms. The minimum Gasteiger partial charge on any atom is -0.355 e. The van der Waals surface area contributed by atoms with Crippen LogP contribution in [0.4, 0.5) is 0 Å². The Kier molecular flexibility index (Phi) is 6.78. The zero-order valence-corrected chi connectivity index (χ0v) is 11.4. The molecule has 0 radical (unpaired) electrons. The van der Waals surface area contributed by atoms with Gasteiger partial charge in [0.1, 0.15) is 0 Å². The molecule has 0 saturated heterocycles. The van der Waals surface area contributed by atoms with Crippen molar-refractivity contribution in [2.24, 2.45) is 5.92 Å². The fourth-order valence-electron chi connectivity index (χ4n) is 1.55. The second kappa shape index (κ2) is 8.18. The lowest BCUT2D eigenvalue weighted by atomic mass is 10.0. The van der Waals surface area contributed by atoms with Crippen LogP contribution >= 0.6 is 11.8 Å². The summed E-state index contributed by atoms with van der Waals surface area (Å²) in [5.74, 6) is 1.25. The fourth-order valence-corrected chi connectivity index (χ4v) is 2.30. The highest BCUT2D eigenvalue weighted by Gasteiger charge is 2.06. The van der Waals surface area contributed by atoms with Crippen molar-refractivity contribution in [2.45, 2.75) is 31.6 Å². The Labute approximate surface area is 108 Å². The van der Waals surface area contributed by atoms with Gasteiger partial charge in [-0.3, -0.25) is 4.79 Å². The summed E-state index contributed by atoms with van der Waals surface area (Å²) in [7, 11) is 0. The third-order valence-electron chi connectivity index (χ3n) is 2.86. The summed E-state index contributed by atoms with van der Waals surface area (Å²) in [4.78, 5) is 12.8. The molecule has 2 nitrogen and oxygen atoms in total. The number of nitrogens with one attached hydrogen (secondary N) is 1. The molecular weight excluding hydrogens is 230 g/mol. The molecule has 0 aliphatic rings. The average molecular weight is 251 g/mol. The Morgan fingerprint density at radius 3 is 2.47 bits per heavy atom. The normalized spacial score (nSPS) is 10.5. The van der Waals surface area contributed by atoms with Crippen molar-refractivity contribution in [3.63, 3.8) is 0 Å². The smallest absolute Gasteiger partial charge is 0.230 e. The zero-order valence-electron chi connectivity index (χ0n) is 10.6. The van der Waals surface area contributed by atoms with Gasteiger partial charge in [0.25, 0.3) is 0 Å². The molecule has 1 amide bonds. The molecule has 1 aromatic carbocycles. The van der Waals surface area contributed by atoms with Gasteiger partial charge in [-0.1, -0.05) is 44.9 Å². The maximum Gasteiger partial charge on any atom is 0.230 e. The summed E-state index contributed by atoms with van der Waals surface area (Å²) in [6.45, 7) is 5.14. The molecule has 0 unspecified atom stereocenters. The number of thioether (sulfide) groups is 1. The molecule has 0 aromatic heterocycles. The van der Waals surface area contributed by atoms with E-state index in [2.05, 4.69) is 19.2 Å². The number of amides is 1. The highest BCUT2D eigenvalue weighted by atomic mass is 32.2. The van der Waals surface area contributed by atoms with Gasteiger partial charge in [0.15, 0.2) is 0 Å². The van der Waals surface area contributed by atoms with Crippen molar-refractivity contribution in [2.75, 3.05) is 12.3 Å². The average Bonchev–Trinajstić information content (AvgIpc) is 2.39. The van der Waals surface area contributed by atoms with Crippen molar-refractivity contribution in [3.05, 3.63) is 30.3 Å². The molecule has 94 valence electrons. The second-order valence-electron chi connectivity index (χ2n) is 4.09. The number of hydrogen-bond donors (Lipinski definition) is 1. The minimum atomic E-state index is 0.130. The van der Waals surface area contributed by atoms with E-state index in [1.54, 1.807) is 11.8 Å². The van der Waals surface area contributed by atoms with Gasteiger partial charge in [-0.05, 0) is 18.1 Å². The largest absolute Gasteiger partial charge is 0.355 e. The minimum absolute atomic E-state index is 0.130. The number of hydrogen-bond acceptors (Lipinski definition) is 2. The lowest BCUT2D eigenvalue weighted by Crippen LogP contribution is -2.30. The van der Waals surface area contributed by atoms with Gasteiger partial charge in [0.2, 0.25) is 5.91 Å². The van der Waals surface area contributed by atoms with Gasteiger partial charge in [0, 0.05) is 11.4 Å². The topological polar surface area (TPSA) is 29.1 Å². The van der Waals surface area contributed by atoms with Crippen molar-refractivity contribution < 1.29 is 4.79 Å². The molecule has 0 bridgehead atoms. The Bertz CT molecular complexity index is 322. The number of carbonyl (C=O) groups excluding carboxylic acids is 1. The Hall–Kier alpha value is -0.960. The SMILES string of the molecule is CCC(CC)CNC(=O)CSc1ccccc1. The number of rotatable bonds is 7.